The quantitative estimate of drug-likeness (QED) is 0.739. The predicted molar refractivity (Wildman–Crippen MR) is 63.4 cm³/mol. The number of nitrogens with two attached hydrogens (primary N) is 1. The van der Waals surface area contributed by atoms with Gasteiger partial charge in [0, 0.05) is 0 Å². The molecule has 2 nitrogen and oxygen atoms in total. The van der Waals surface area contributed by atoms with Crippen molar-refractivity contribution in [3.05, 3.63) is 0 Å². The maximum atomic E-state index is 5.73. The van der Waals surface area contributed by atoms with Gasteiger partial charge in [0.2, 0.25) is 0 Å². The van der Waals surface area contributed by atoms with Crippen molar-refractivity contribution in [2.24, 2.45) is 5.73 Å². The molecule has 0 radical (unpaired) electrons. The minimum atomic E-state index is 0.309. The van der Waals surface area contributed by atoms with Crippen LogP contribution in [-0.2, 0) is 0 Å². The van der Waals surface area contributed by atoms with Crippen molar-refractivity contribution in [2.75, 3.05) is 0 Å². The zero-order valence-corrected chi connectivity index (χ0v) is 10.9. The Bertz CT molecular complexity index is 186. The molecule has 0 aromatic heterocycles. The van der Waals surface area contributed by atoms with Gasteiger partial charge in [0.25, 0.3) is 0 Å². The van der Waals surface area contributed by atoms with Crippen molar-refractivity contribution in [3.63, 3.8) is 0 Å². The van der Waals surface area contributed by atoms with Gasteiger partial charge >= 0.3 is 95.1 Å². The van der Waals surface area contributed by atoms with Crippen LogP contribution in [0.25, 0.3) is 0 Å². The van der Waals surface area contributed by atoms with Crippen molar-refractivity contribution in [1.29, 1.82) is 0 Å². The molecule has 0 atom stereocenters. The van der Waals surface area contributed by atoms with Crippen molar-refractivity contribution < 1.29 is 0 Å². The fraction of sp³-hybridized carbons (Fsp3) is 0.909. The number of rotatable bonds is 5. The molecule has 1 aliphatic rings. The molecule has 1 rings (SSSR count). The molecule has 0 spiro atoms. The fourth-order valence-corrected chi connectivity index (χ4v) is 2.90. The minimum absolute atomic E-state index is 0.309. The standard InChI is InChI=1S/C11H22N2Se/c1-2-3-7-11(13-10(12)14)8-5-4-6-9-11/h2-9H2,1H3,(H3,12,13,14). The van der Waals surface area contributed by atoms with Crippen LogP contribution in [0.5, 0.6) is 0 Å². The Labute approximate surface area is 95.4 Å². The van der Waals surface area contributed by atoms with E-state index in [4.69, 9.17) is 5.73 Å². The van der Waals surface area contributed by atoms with Crippen LogP contribution in [0.15, 0.2) is 0 Å². The van der Waals surface area contributed by atoms with Crippen LogP contribution < -0.4 is 11.1 Å². The molecule has 1 aliphatic carbocycles. The van der Waals surface area contributed by atoms with E-state index in [1.165, 1.54) is 51.4 Å². The summed E-state index contributed by atoms with van der Waals surface area (Å²) in [6, 6.07) is 0. The molecule has 0 amide bonds. The summed E-state index contributed by atoms with van der Waals surface area (Å²) in [6.45, 7) is 2.25. The first-order valence-electron chi connectivity index (χ1n) is 5.76. The van der Waals surface area contributed by atoms with Gasteiger partial charge < -0.3 is 0 Å². The first-order valence-corrected chi connectivity index (χ1v) is 6.62. The zero-order chi connectivity index (χ0) is 10.4. The fourth-order valence-electron chi connectivity index (χ4n) is 2.44. The Kier molecular flexibility index (Phi) is 4.97. The molecule has 0 bridgehead atoms. The maximum absolute atomic E-state index is 5.73. The molecule has 0 aromatic carbocycles. The first-order chi connectivity index (χ1) is 6.68. The number of nitrogens with one attached hydrogen (secondary N) is 1. The molecule has 0 aromatic rings. The summed E-state index contributed by atoms with van der Waals surface area (Å²) in [7, 11) is 0. The molecule has 0 aliphatic heterocycles. The summed E-state index contributed by atoms with van der Waals surface area (Å²) in [5.74, 6) is 0. The van der Waals surface area contributed by atoms with Crippen LogP contribution in [-0.4, -0.2) is 25.8 Å². The summed E-state index contributed by atoms with van der Waals surface area (Å²) in [5, 5.41) is 3.47. The van der Waals surface area contributed by atoms with Gasteiger partial charge in [0.05, 0.1) is 0 Å². The Morgan fingerprint density at radius 3 is 2.50 bits per heavy atom. The van der Waals surface area contributed by atoms with Gasteiger partial charge in [-0.3, -0.25) is 0 Å². The van der Waals surface area contributed by atoms with Crippen LogP contribution >= 0.6 is 0 Å². The molecule has 0 heterocycles. The van der Waals surface area contributed by atoms with Crippen molar-refractivity contribution >= 4 is 20.2 Å². The second-order valence-electron chi connectivity index (χ2n) is 4.43. The monoisotopic (exact) mass is 262 g/mol. The molecule has 14 heavy (non-hydrogen) atoms. The first kappa shape index (κ1) is 12.1. The summed E-state index contributed by atoms with van der Waals surface area (Å²) in [6.07, 6.45) is 10.5. The number of hydrogen-bond acceptors (Lipinski definition) is 2. The van der Waals surface area contributed by atoms with E-state index in [2.05, 4.69) is 27.8 Å². The molecular weight excluding hydrogens is 239 g/mol. The van der Waals surface area contributed by atoms with Crippen LogP contribution in [0, 0.1) is 0 Å². The SMILES string of the molecule is CCCCC1(NC(N)=[Se])CCCCC1. The Morgan fingerprint density at radius 1 is 1.36 bits per heavy atom. The molecule has 3 heteroatoms. The van der Waals surface area contributed by atoms with Gasteiger partial charge in [-0.05, 0) is 0 Å². The van der Waals surface area contributed by atoms with E-state index in [1.807, 2.05) is 0 Å². The van der Waals surface area contributed by atoms with Crippen LogP contribution in [0.4, 0.5) is 0 Å². The zero-order valence-electron chi connectivity index (χ0n) is 9.14. The molecule has 1 saturated carbocycles. The van der Waals surface area contributed by atoms with Gasteiger partial charge in [-0.1, -0.05) is 0 Å². The second-order valence-corrected chi connectivity index (χ2v) is 5.36. The van der Waals surface area contributed by atoms with E-state index in [0.717, 1.165) is 4.67 Å². The van der Waals surface area contributed by atoms with Crippen LogP contribution in [0.1, 0.15) is 58.3 Å². The Hall–Kier alpha value is -0.0105. The Balaban J connectivity index is 2.52. The third-order valence-corrected chi connectivity index (χ3v) is 3.42. The van der Waals surface area contributed by atoms with Gasteiger partial charge in [-0.25, -0.2) is 0 Å². The van der Waals surface area contributed by atoms with E-state index in [1.54, 1.807) is 0 Å². The van der Waals surface area contributed by atoms with Crippen molar-refractivity contribution in [1.82, 2.24) is 5.32 Å². The summed E-state index contributed by atoms with van der Waals surface area (Å²) in [4.78, 5) is 0. The molecule has 3 N–H and O–H groups in total. The van der Waals surface area contributed by atoms with E-state index in [-0.39, 0.29) is 0 Å². The molecule has 1 fully saturated rings. The number of hydrogen-bond donors (Lipinski definition) is 2. The van der Waals surface area contributed by atoms with Gasteiger partial charge in [-0.2, -0.15) is 0 Å². The molecular formula is C11H22N2Se. The average Bonchev–Trinajstić information content (AvgIpc) is 2.15. The average molecular weight is 261 g/mol. The van der Waals surface area contributed by atoms with E-state index < -0.39 is 0 Å². The molecule has 0 unspecified atom stereocenters. The van der Waals surface area contributed by atoms with E-state index in [9.17, 15) is 0 Å². The Morgan fingerprint density at radius 2 is 2.00 bits per heavy atom. The topological polar surface area (TPSA) is 38.0 Å². The van der Waals surface area contributed by atoms with Crippen molar-refractivity contribution in [3.8, 4) is 0 Å². The second kappa shape index (κ2) is 5.77. The molecule has 0 saturated heterocycles. The number of unbranched alkanes of at least 4 members (excludes halogenated alkanes) is 1. The summed E-state index contributed by atoms with van der Waals surface area (Å²) >= 11 is 2.87. The van der Waals surface area contributed by atoms with Crippen molar-refractivity contribution in [2.45, 2.75) is 63.8 Å². The molecule has 82 valence electrons. The summed E-state index contributed by atoms with van der Waals surface area (Å²) < 4.78 is 0.767. The van der Waals surface area contributed by atoms with Gasteiger partial charge in [0.15, 0.2) is 0 Å². The van der Waals surface area contributed by atoms with E-state index in [0.29, 0.717) is 5.54 Å². The van der Waals surface area contributed by atoms with Crippen LogP contribution in [0.3, 0.4) is 0 Å². The summed E-state index contributed by atoms with van der Waals surface area (Å²) in [5.41, 5.74) is 6.04. The normalized spacial score (nSPS) is 20.4. The van der Waals surface area contributed by atoms with Gasteiger partial charge in [-0.15, -0.1) is 0 Å². The third kappa shape index (κ3) is 3.62. The van der Waals surface area contributed by atoms with Gasteiger partial charge in [0.1, 0.15) is 0 Å². The third-order valence-electron chi connectivity index (χ3n) is 3.21. The predicted octanol–water partition coefficient (Wildman–Crippen LogP) is 1.68. The van der Waals surface area contributed by atoms with E-state index >= 15 is 0 Å². The van der Waals surface area contributed by atoms with Crippen LogP contribution in [0.2, 0.25) is 0 Å².